The van der Waals surface area contributed by atoms with Crippen LogP contribution in [0.2, 0.25) is 0 Å². The first-order valence-corrected chi connectivity index (χ1v) is 6.83. The SMILES string of the molecule is CC1(C)C(NC(=O)c2cc(Br)ccc2N)C1(C)C. The Balaban J connectivity index is 2.17. The maximum absolute atomic E-state index is 12.2. The van der Waals surface area contributed by atoms with Gasteiger partial charge in [0.05, 0.1) is 5.56 Å². The molecule has 0 bridgehead atoms. The number of hydrogen-bond acceptors (Lipinski definition) is 2. The molecule has 0 atom stereocenters. The van der Waals surface area contributed by atoms with Gasteiger partial charge in [0.1, 0.15) is 0 Å². The third-order valence-electron chi connectivity index (χ3n) is 4.56. The monoisotopic (exact) mass is 310 g/mol. The quantitative estimate of drug-likeness (QED) is 0.824. The second-order valence-electron chi connectivity index (χ2n) is 6.08. The lowest BCUT2D eigenvalue weighted by atomic mass is 10.0. The molecule has 18 heavy (non-hydrogen) atoms. The van der Waals surface area contributed by atoms with Crippen molar-refractivity contribution in [3.05, 3.63) is 28.2 Å². The predicted molar refractivity (Wildman–Crippen MR) is 77.4 cm³/mol. The van der Waals surface area contributed by atoms with Gasteiger partial charge >= 0.3 is 0 Å². The molecule has 0 heterocycles. The Bertz CT molecular complexity index is 495. The zero-order valence-electron chi connectivity index (χ0n) is 11.2. The largest absolute Gasteiger partial charge is 0.398 e. The van der Waals surface area contributed by atoms with E-state index >= 15 is 0 Å². The van der Waals surface area contributed by atoms with Crippen molar-refractivity contribution in [2.75, 3.05) is 5.73 Å². The summed E-state index contributed by atoms with van der Waals surface area (Å²) >= 11 is 3.36. The Morgan fingerprint density at radius 3 is 2.33 bits per heavy atom. The lowest BCUT2D eigenvalue weighted by Crippen LogP contribution is -2.30. The first-order chi connectivity index (χ1) is 8.18. The first-order valence-electron chi connectivity index (χ1n) is 6.04. The second kappa shape index (κ2) is 3.98. The molecule has 4 heteroatoms. The molecule has 1 saturated carbocycles. The van der Waals surface area contributed by atoms with Crippen molar-refractivity contribution >= 4 is 27.5 Å². The Morgan fingerprint density at radius 1 is 1.28 bits per heavy atom. The average molecular weight is 311 g/mol. The van der Waals surface area contributed by atoms with Crippen LogP contribution in [0.25, 0.3) is 0 Å². The van der Waals surface area contributed by atoms with E-state index in [-0.39, 0.29) is 22.8 Å². The zero-order valence-corrected chi connectivity index (χ0v) is 12.8. The number of nitrogens with one attached hydrogen (secondary N) is 1. The van der Waals surface area contributed by atoms with E-state index in [0.29, 0.717) is 11.3 Å². The molecule has 2 rings (SSSR count). The van der Waals surface area contributed by atoms with Crippen LogP contribution in [-0.4, -0.2) is 11.9 Å². The Morgan fingerprint density at radius 2 is 1.83 bits per heavy atom. The fraction of sp³-hybridized carbons (Fsp3) is 0.500. The van der Waals surface area contributed by atoms with E-state index in [1.54, 1.807) is 12.1 Å². The summed E-state index contributed by atoms with van der Waals surface area (Å²) in [5.74, 6) is -0.0996. The molecule has 1 aromatic carbocycles. The molecule has 0 unspecified atom stereocenters. The summed E-state index contributed by atoms with van der Waals surface area (Å²) in [6, 6.07) is 5.52. The van der Waals surface area contributed by atoms with Gasteiger partial charge in [-0.3, -0.25) is 4.79 Å². The Kier molecular flexibility index (Phi) is 2.97. The molecule has 0 radical (unpaired) electrons. The number of benzene rings is 1. The van der Waals surface area contributed by atoms with Crippen molar-refractivity contribution in [1.82, 2.24) is 5.32 Å². The molecule has 0 aliphatic heterocycles. The van der Waals surface area contributed by atoms with Gasteiger partial charge in [0.25, 0.3) is 5.91 Å². The van der Waals surface area contributed by atoms with E-state index in [1.807, 2.05) is 6.07 Å². The molecule has 0 saturated heterocycles. The van der Waals surface area contributed by atoms with E-state index in [1.165, 1.54) is 0 Å². The van der Waals surface area contributed by atoms with Gasteiger partial charge in [-0.05, 0) is 29.0 Å². The van der Waals surface area contributed by atoms with Crippen LogP contribution < -0.4 is 11.1 Å². The van der Waals surface area contributed by atoms with Crippen LogP contribution in [0.3, 0.4) is 0 Å². The van der Waals surface area contributed by atoms with Crippen molar-refractivity contribution in [1.29, 1.82) is 0 Å². The van der Waals surface area contributed by atoms with Gasteiger partial charge in [-0.1, -0.05) is 43.6 Å². The number of hydrogen-bond donors (Lipinski definition) is 2. The molecule has 0 aromatic heterocycles. The number of carbonyl (C=O) groups excluding carboxylic acids is 1. The predicted octanol–water partition coefficient (Wildman–Crippen LogP) is 3.20. The van der Waals surface area contributed by atoms with Gasteiger partial charge in [0.15, 0.2) is 0 Å². The van der Waals surface area contributed by atoms with Gasteiger partial charge in [-0.25, -0.2) is 0 Å². The average Bonchev–Trinajstić information content (AvgIpc) is 2.64. The molecule has 1 aliphatic carbocycles. The molecule has 1 amide bonds. The molecule has 3 N–H and O–H groups in total. The molecule has 3 nitrogen and oxygen atoms in total. The number of amides is 1. The normalized spacial score (nSPS) is 20.5. The molecule has 98 valence electrons. The minimum Gasteiger partial charge on any atom is -0.398 e. The Hall–Kier alpha value is -1.03. The van der Waals surface area contributed by atoms with Crippen LogP contribution in [0.1, 0.15) is 38.1 Å². The zero-order chi connectivity index (χ0) is 13.7. The summed E-state index contributed by atoms with van der Waals surface area (Å²) in [6.07, 6.45) is 0. The molecule has 1 aromatic rings. The minimum atomic E-state index is -0.0996. The summed E-state index contributed by atoms with van der Waals surface area (Å²) in [4.78, 5) is 12.2. The lowest BCUT2D eigenvalue weighted by molar-refractivity contribution is 0.0944. The molecular formula is C14H19BrN2O. The van der Waals surface area contributed by atoms with Gasteiger partial charge in [-0.2, -0.15) is 0 Å². The van der Waals surface area contributed by atoms with Crippen LogP contribution >= 0.6 is 15.9 Å². The van der Waals surface area contributed by atoms with Crippen molar-refractivity contribution < 1.29 is 4.79 Å². The first kappa shape index (κ1) is 13.4. The standard InChI is InChI=1S/C14H19BrN2O/c1-13(2)12(14(13,3)4)17-11(18)9-7-8(15)5-6-10(9)16/h5-7,12H,16H2,1-4H3,(H,17,18). The number of rotatable bonds is 2. The van der Waals surface area contributed by atoms with Crippen molar-refractivity contribution in [3.8, 4) is 0 Å². The fourth-order valence-corrected chi connectivity index (χ4v) is 2.85. The summed E-state index contributed by atoms with van der Waals surface area (Å²) in [6.45, 7) is 8.68. The van der Waals surface area contributed by atoms with Gasteiger partial charge in [0.2, 0.25) is 0 Å². The van der Waals surface area contributed by atoms with E-state index in [2.05, 4.69) is 48.9 Å². The number of nitrogen functional groups attached to an aromatic ring is 1. The van der Waals surface area contributed by atoms with Crippen LogP contribution in [-0.2, 0) is 0 Å². The third kappa shape index (κ3) is 1.92. The summed E-state index contributed by atoms with van der Waals surface area (Å²) in [5, 5.41) is 3.08. The number of carbonyl (C=O) groups is 1. The maximum atomic E-state index is 12.2. The number of nitrogens with two attached hydrogens (primary N) is 1. The fourth-order valence-electron chi connectivity index (χ4n) is 2.49. The highest BCUT2D eigenvalue weighted by Gasteiger charge is 2.65. The number of anilines is 1. The highest BCUT2D eigenvalue weighted by molar-refractivity contribution is 9.10. The van der Waals surface area contributed by atoms with E-state index in [9.17, 15) is 4.79 Å². The molecule has 1 aliphatic rings. The van der Waals surface area contributed by atoms with E-state index in [4.69, 9.17) is 5.73 Å². The van der Waals surface area contributed by atoms with Gasteiger partial charge in [0, 0.05) is 16.2 Å². The highest BCUT2D eigenvalue weighted by Crippen LogP contribution is 2.62. The smallest absolute Gasteiger partial charge is 0.253 e. The van der Waals surface area contributed by atoms with Crippen LogP contribution in [0, 0.1) is 10.8 Å². The number of halogens is 1. The van der Waals surface area contributed by atoms with Crippen molar-refractivity contribution in [3.63, 3.8) is 0 Å². The molecular weight excluding hydrogens is 292 g/mol. The summed E-state index contributed by atoms with van der Waals surface area (Å²) in [7, 11) is 0. The van der Waals surface area contributed by atoms with Crippen LogP contribution in [0.4, 0.5) is 5.69 Å². The summed E-state index contributed by atoms with van der Waals surface area (Å²) < 4.78 is 0.858. The molecule has 0 spiro atoms. The second-order valence-corrected chi connectivity index (χ2v) is 7.00. The van der Waals surface area contributed by atoms with Gasteiger partial charge < -0.3 is 11.1 Å². The highest BCUT2D eigenvalue weighted by atomic mass is 79.9. The van der Waals surface area contributed by atoms with Crippen LogP contribution in [0.5, 0.6) is 0 Å². The Labute approximate surface area is 116 Å². The van der Waals surface area contributed by atoms with Gasteiger partial charge in [-0.15, -0.1) is 0 Å². The third-order valence-corrected chi connectivity index (χ3v) is 5.05. The summed E-state index contributed by atoms with van der Waals surface area (Å²) in [5.41, 5.74) is 7.13. The molecule has 1 fully saturated rings. The van der Waals surface area contributed by atoms with Crippen LogP contribution in [0.15, 0.2) is 22.7 Å². The van der Waals surface area contributed by atoms with E-state index < -0.39 is 0 Å². The van der Waals surface area contributed by atoms with E-state index in [0.717, 1.165) is 4.47 Å². The van der Waals surface area contributed by atoms with Crippen molar-refractivity contribution in [2.24, 2.45) is 10.8 Å². The topological polar surface area (TPSA) is 55.1 Å². The maximum Gasteiger partial charge on any atom is 0.253 e. The lowest BCUT2D eigenvalue weighted by Gasteiger charge is -2.09. The minimum absolute atomic E-state index is 0.0996. The van der Waals surface area contributed by atoms with Crippen molar-refractivity contribution in [2.45, 2.75) is 33.7 Å².